The van der Waals surface area contributed by atoms with E-state index in [2.05, 4.69) is 9.72 Å². The van der Waals surface area contributed by atoms with Crippen LogP contribution in [0.2, 0.25) is 0 Å². The number of nitrogens with zero attached hydrogens (tertiary/aromatic N) is 1. The molecule has 82 valence electrons. The van der Waals surface area contributed by atoms with Crippen molar-refractivity contribution in [2.75, 3.05) is 12.9 Å². The maximum absolute atomic E-state index is 11.0. The maximum Gasteiger partial charge on any atom is 0.333 e. The van der Waals surface area contributed by atoms with E-state index < -0.39 is 0 Å². The summed E-state index contributed by atoms with van der Waals surface area (Å²) in [4.78, 5) is 15.4. The molecule has 0 saturated heterocycles. The Labute approximate surface area is 97.6 Å². The van der Waals surface area contributed by atoms with Gasteiger partial charge >= 0.3 is 5.97 Å². The van der Waals surface area contributed by atoms with Gasteiger partial charge in [-0.2, -0.15) is 0 Å². The van der Waals surface area contributed by atoms with Crippen molar-refractivity contribution in [3.05, 3.63) is 22.7 Å². The Balaban J connectivity index is 2.41. The Hall–Kier alpha value is -0.810. The summed E-state index contributed by atoms with van der Waals surface area (Å²) in [5.41, 5.74) is 1.68. The number of carbonyl (C=O) groups excluding carboxylic acids is 1. The third-order valence-corrected chi connectivity index (χ3v) is 3.77. The number of hydrogen-bond donors (Lipinski definition) is 0. The molecule has 0 bridgehead atoms. The number of methoxy groups -OCH3 is 1. The zero-order chi connectivity index (χ0) is 11.3. The lowest BCUT2D eigenvalue weighted by molar-refractivity contribution is -0.136. The summed E-state index contributed by atoms with van der Waals surface area (Å²) >= 11 is 3.24. The van der Waals surface area contributed by atoms with Crippen LogP contribution in [0, 0.1) is 6.92 Å². The summed E-state index contributed by atoms with van der Waals surface area (Å²) in [6.45, 7) is 3.72. The van der Waals surface area contributed by atoms with E-state index in [9.17, 15) is 4.79 Å². The smallest absolute Gasteiger partial charge is 0.333 e. The molecule has 0 aliphatic carbocycles. The van der Waals surface area contributed by atoms with Crippen LogP contribution in [0.4, 0.5) is 0 Å². The van der Waals surface area contributed by atoms with Gasteiger partial charge in [0.15, 0.2) is 0 Å². The van der Waals surface area contributed by atoms with Gasteiger partial charge in [0.05, 0.1) is 7.11 Å². The van der Waals surface area contributed by atoms with Crippen molar-refractivity contribution in [1.29, 1.82) is 0 Å². The molecule has 0 unspecified atom stereocenters. The minimum absolute atomic E-state index is 0.272. The summed E-state index contributed by atoms with van der Waals surface area (Å²) in [7, 11) is 1.39. The van der Waals surface area contributed by atoms with E-state index in [-0.39, 0.29) is 5.97 Å². The van der Waals surface area contributed by atoms with Gasteiger partial charge in [-0.05, 0) is 13.8 Å². The molecule has 0 N–H and O–H groups in total. The Morgan fingerprint density at radius 3 is 3.00 bits per heavy atom. The lowest BCUT2D eigenvalue weighted by atomic mass is 10.3. The summed E-state index contributed by atoms with van der Waals surface area (Å²) in [5.74, 6) is 0.472. The van der Waals surface area contributed by atoms with E-state index in [0.717, 1.165) is 15.8 Å². The molecule has 0 amide bonds. The van der Waals surface area contributed by atoms with Gasteiger partial charge in [0, 0.05) is 22.4 Å². The number of thioether (sulfide) groups is 1. The van der Waals surface area contributed by atoms with Gasteiger partial charge in [0.2, 0.25) is 0 Å². The summed E-state index contributed by atoms with van der Waals surface area (Å²) in [6.07, 6.45) is 1.85. The molecule has 0 aromatic carbocycles. The highest BCUT2D eigenvalue weighted by Gasteiger charge is 2.02. The quantitative estimate of drug-likeness (QED) is 0.463. The van der Waals surface area contributed by atoms with E-state index in [1.165, 1.54) is 7.11 Å². The molecule has 0 radical (unpaired) electrons. The first kappa shape index (κ1) is 12.3. The molecular weight excluding hydrogens is 230 g/mol. The predicted molar refractivity (Wildman–Crippen MR) is 63.3 cm³/mol. The molecular formula is C10H13NO2S2. The van der Waals surface area contributed by atoms with E-state index in [4.69, 9.17) is 0 Å². The second-order valence-corrected chi connectivity index (χ2v) is 5.07. The number of thiazole rings is 1. The number of ether oxygens (including phenoxy) is 1. The molecule has 3 nitrogen and oxygen atoms in total. The highest BCUT2D eigenvalue weighted by Crippen LogP contribution is 2.22. The van der Waals surface area contributed by atoms with E-state index in [0.29, 0.717) is 5.57 Å². The van der Waals surface area contributed by atoms with Crippen LogP contribution in [0.1, 0.15) is 12.6 Å². The lowest BCUT2D eigenvalue weighted by Gasteiger charge is -1.97. The number of rotatable bonds is 4. The van der Waals surface area contributed by atoms with Gasteiger partial charge < -0.3 is 4.74 Å². The first-order valence-electron chi connectivity index (χ1n) is 4.43. The van der Waals surface area contributed by atoms with Crippen LogP contribution in [0.5, 0.6) is 0 Å². The van der Waals surface area contributed by atoms with Crippen molar-refractivity contribution in [3.63, 3.8) is 0 Å². The van der Waals surface area contributed by atoms with Crippen molar-refractivity contribution in [2.24, 2.45) is 0 Å². The highest BCUT2D eigenvalue weighted by molar-refractivity contribution is 8.01. The van der Waals surface area contributed by atoms with Crippen LogP contribution >= 0.6 is 23.1 Å². The average molecular weight is 243 g/mol. The Bertz CT molecular complexity index is 371. The van der Waals surface area contributed by atoms with E-state index >= 15 is 0 Å². The average Bonchev–Trinajstić information content (AvgIpc) is 2.63. The second kappa shape index (κ2) is 5.92. The van der Waals surface area contributed by atoms with Gasteiger partial charge in [-0.1, -0.05) is 17.8 Å². The third-order valence-electron chi connectivity index (χ3n) is 1.70. The van der Waals surface area contributed by atoms with Crippen molar-refractivity contribution < 1.29 is 9.53 Å². The molecule has 1 aromatic rings. The molecule has 0 saturated carbocycles. The van der Waals surface area contributed by atoms with Crippen LogP contribution in [0.25, 0.3) is 0 Å². The summed E-state index contributed by atoms with van der Waals surface area (Å²) in [5, 5.41) is 2.01. The van der Waals surface area contributed by atoms with Crippen LogP contribution < -0.4 is 0 Å². The second-order valence-electron chi connectivity index (χ2n) is 2.94. The van der Waals surface area contributed by atoms with Gasteiger partial charge in [-0.3, -0.25) is 0 Å². The highest BCUT2D eigenvalue weighted by atomic mass is 32.2. The molecule has 15 heavy (non-hydrogen) atoms. The third kappa shape index (κ3) is 4.05. The number of carbonyl (C=O) groups is 1. The molecule has 5 heteroatoms. The molecule has 0 aliphatic rings. The van der Waals surface area contributed by atoms with Gasteiger partial charge in [-0.15, -0.1) is 11.3 Å². The van der Waals surface area contributed by atoms with Crippen molar-refractivity contribution in [3.8, 4) is 0 Å². The topological polar surface area (TPSA) is 39.2 Å². The molecule has 0 aliphatic heterocycles. The zero-order valence-electron chi connectivity index (χ0n) is 8.94. The summed E-state index contributed by atoms with van der Waals surface area (Å²) in [6, 6.07) is 0. The first-order valence-corrected chi connectivity index (χ1v) is 6.30. The monoisotopic (exact) mass is 243 g/mol. The van der Waals surface area contributed by atoms with E-state index in [1.807, 2.05) is 18.4 Å². The molecule has 0 spiro atoms. The van der Waals surface area contributed by atoms with Crippen LogP contribution in [0.3, 0.4) is 0 Å². The van der Waals surface area contributed by atoms with Crippen molar-refractivity contribution in [1.82, 2.24) is 4.98 Å². The fraction of sp³-hybridized carbons (Fsp3) is 0.400. The van der Waals surface area contributed by atoms with Gasteiger partial charge in [-0.25, -0.2) is 9.78 Å². The number of esters is 1. The predicted octanol–water partition coefficient (Wildman–Crippen LogP) is 2.66. The van der Waals surface area contributed by atoms with Crippen molar-refractivity contribution >= 4 is 29.1 Å². The Morgan fingerprint density at radius 2 is 2.47 bits per heavy atom. The fourth-order valence-electron chi connectivity index (χ4n) is 0.881. The van der Waals surface area contributed by atoms with Crippen molar-refractivity contribution in [2.45, 2.75) is 18.2 Å². The molecule has 1 rings (SSSR count). The van der Waals surface area contributed by atoms with Gasteiger partial charge in [0.25, 0.3) is 0 Å². The number of aryl methyl sites for hydroxylation is 1. The first-order chi connectivity index (χ1) is 7.13. The minimum atomic E-state index is -0.272. The zero-order valence-corrected chi connectivity index (χ0v) is 10.6. The maximum atomic E-state index is 11.0. The van der Waals surface area contributed by atoms with Crippen LogP contribution in [0.15, 0.2) is 21.4 Å². The SMILES string of the molecule is COC(=O)C(C)=CCSc1nc(C)cs1. The largest absolute Gasteiger partial charge is 0.466 e. The van der Waals surface area contributed by atoms with Gasteiger partial charge in [0.1, 0.15) is 4.34 Å². The Morgan fingerprint density at radius 1 is 1.73 bits per heavy atom. The molecule has 1 aromatic heterocycles. The number of hydrogen-bond acceptors (Lipinski definition) is 5. The minimum Gasteiger partial charge on any atom is -0.466 e. The Kier molecular flexibility index (Phi) is 4.84. The molecule has 0 fully saturated rings. The van der Waals surface area contributed by atoms with Crippen LogP contribution in [-0.2, 0) is 9.53 Å². The molecule has 0 atom stereocenters. The molecule has 1 heterocycles. The fourth-order valence-corrected chi connectivity index (χ4v) is 2.71. The summed E-state index contributed by atoms with van der Waals surface area (Å²) < 4.78 is 5.62. The number of aromatic nitrogens is 1. The lowest BCUT2D eigenvalue weighted by Crippen LogP contribution is -2.01. The normalized spacial score (nSPS) is 11.5. The van der Waals surface area contributed by atoms with E-state index in [1.54, 1.807) is 30.0 Å². The standard InChI is InChI=1S/C10H13NO2S2/c1-7(9(12)13-3)4-5-14-10-11-8(2)6-15-10/h4,6H,5H2,1-3H3. The van der Waals surface area contributed by atoms with Crippen LogP contribution in [-0.4, -0.2) is 23.8 Å².